The number of nitrogens with one attached hydrogen (secondary N) is 1. The van der Waals surface area contributed by atoms with Gasteiger partial charge in [0, 0.05) is 19.8 Å². The van der Waals surface area contributed by atoms with Gasteiger partial charge in [-0.25, -0.2) is 0 Å². The third-order valence-corrected chi connectivity index (χ3v) is 4.01. The van der Waals surface area contributed by atoms with E-state index in [2.05, 4.69) is 5.32 Å². The Morgan fingerprint density at radius 3 is 2.04 bits per heavy atom. The van der Waals surface area contributed by atoms with Crippen LogP contribution in [0.1, 0.15) is 15.9 Å². The summed E-state index contributed by atoms with van der Waals surface area (Å²) in [4.78, 5) is 26.0. The number of carbonyl (C=O) groups is 2. The summed E-state index contributed by atoms with van der Waals surface area (Å²) in [6.45, 7) is 0. The molecule has 7 heteroatoms. The van der Waals surface area contributed by atoms with Gasteiger partial charge in [0.15, 0.2) is 11.5 Å². The Morgan fingerprint density at radius 1 is 0.889 bits per heavy atom. The molecule has 7 nitrogen and oxygen atoms in total. The van der Waals surface area contributed by atoms with E-state index in [1.54, 1.807) is 43.3 Å². The maximum Gasteiger partial charge on any atom is 0.259 e. The van der Waals surface area contributed by atoms with Crippen LogP contribution in [0.5, 0.6) is 17.2 Å². The standard InChI is InChI=1S/C20H24N2O5/c1-22(2)17(23)12-13-6-8-14(9-7-13)21-20(24)15-10-11-16(25-3)19(27-5)18(15)26-4/h6-11H,12H2,1-5H3,(H,21,24). The SMILES string of the molecule is COc1ccc(C(=O)Nc2ccc(CC(=O)N(C)C)cc2)c(OC)c1OC. The summed E-state index contributed by atoms with van der Waals surface area (Å²) in [6.07, 6.45) is 0.310. The van der Waals surface area contributed by atoms with Crippen LogP contribution in [0.4, 0.5) is 5.69 Å². The number of hydrogen-bond acceptors (Lipinski definition) is 5. The van der Waals surface area contributed by atoms with E-state index in [0.717, 1.165) is 5.56 Å². The first kappa shape index (κ1) is 20.1. The Kier molecular flexibility index (Phi) is 6.65. The van der Waals surface area contributed by atoms with E-state index in [4.69, 9.17) is 14.2 Å². The van der Waals surface area contributed by atoms with Crippen LogP contribution in [0.15, 0.2) is 36.4 Å². The Bertz CT molecular complexity index is 816. The molecule has 0 heterocycles. The van der Waals surface area contributed by atoms with Gasteiger partial charge in [-0.1, -0.05) is 12.1 Å². The van der Waals surface area contributed by atoms with E-state index >= 15 is 0 Å². The van der Waals surface area contributed by atoms with Crippen molar-refractivity contribution in [3.63, 3.8) is 0 Å². The molecule has 144 valence electrons. The highest BCUT2D eigenvalue weighted by atomic mass is 16.5. The number of methoxy groups -OCH3 is 3. The minimum absolute atomic E-state index is 0.0156. The second kappa shape index (κ2) is 8.93. The summed E-state index contributed by atoms with van der Waals surface area (Å²) in [6, 6.07) is 10.4. The van der Waals surface area contributed by atoms with Gasteiger partial charge in [-0.05, 0) is 29.8 Å². The molecule has 0 aromatic heterocycles. The molecule has 0 fully saturated rings. The summed E-state index contributed by atoms with van der Waals surface area (Å²) in [5.74, 6) is 0.792. The average Bonchev–Trinajstić information content (AvgIpc) is 2.67. The monoisotopic (exact) mass is 372 g/mol. The van der Waals surface area contributed by atoms with Crippen molar-refractivity contribution in [3.05, 3.63) is 47.5 Å². The Morgan fingerprint density at radius 2 is 1.52 bits per heavy atom. The highest BCUT2D eigenvalue weighted by Crippen LogP contribution is 2.39. The maximum atomic E-state index is 12.7. The number of anilines is 1. The van der Waals surface area contributed by atoms with Crippen LogP contribution in [0.3, 0.4) is 0 Å². The van der Waals surface area contributed by atoms with Crippen LogP contribution >= 0.6 is 0 Å². The Balaban J connectivity index is 2.19. The van der Waals surface area contributed by atoms with Gasteiger partial charge >= 0.3 is 0 Å². The fourth-order valence-electron chi connectivity index (χ4n) is 2.52. The number of amides is 2. The Labute approximate surface area is 158 Å². The minimum Gasteiger partial charge on any atom is -0.493 e. The molecule has 27 heavy (non-hydrogen) atoms. The first-order valence-electron chi connectivity index (χ1n) is 8.30. The largest absolute Gasteiger partial charge is 0.493 e. The van der Waals surface area contributed by atoms with Gasteiger partial charge in [-0.3, -0.25) is 9.59 Å². The molecule has 0 unspecified atom stereocenters. The molecular formula is C20H24N2O5. The molecule has 2 amide bonds. The number of carbonyl (C=O) groups excluding carboxylic acids is 2. The van der Waals surface area contributed by atoms with Crippen molar-refractivity contribution in [1.82, 2.24) is 4.90 Å². The molecule has 0 aliphatic heterocycles. The normalized spacial score (nSPS) is 10.1. The molecule has 2 aromatic rings. The zero-order chi connectivity index (χ0) is 20.0. The molecule has 0 atom stereocenters. The van der Waals surface area contributed by atoms with Crippen molar-refractivity contribution >= 4 is 17.5 Å². The van der Waals surface area contributed by atoms with E-state index in [0.29, 0.717) is 34.9 Å². The lowest BCUT2D eigenvalue weighted by molar-refractivity contribution is -0.127. The highest BCUT2D eigenvalue weighted by molar-refractivity contribution is 6.07. The van der Waals surface area contributed by atoms with E-state index in [-0.39, 0.29) is 11.8 Å². The van der Waals surface area contributed by atoms with E-state index in [1.165, 1.54) is 21.3 Å². The predicted molar refractivity (Wildman–Crippen MR) is 103 cm³/mol. The quantitative estimate of drug-likeness (QED) is 0.808. The molecule has 0 saturated heterocycles. The first-order valence-corrected chi connectivity index (χ1v) is 8.30. The molecule has 2 rings (SSSR count). The lowest BCUT2D eigenvalue weighted by Gasteiger charge is -2.15. The summed E-state index contributed by atoms with van der Waals surface area (Å²) in [7, 11) is 7.89. The zero-order valence-electron chi connectivity index (χ0n) is 16.2. The average molecular weight is 372 g/mol. The number of rotatable bonds is 7. The lowest BCUT2D eigenvalue weighted by atomic mass is 10.1. The highest BCUT2D eigenvalue weighted by Gasteiger charge is 2.20. The van der Waals surface area contributed by atoms with Gasteiger partial charge in [0.1, 0.15) is 0 Å². The molecule has 0 spiro atoms. The maximum absolute atomic E-state index is 12.7. The molecule has 0 aliphatic rings. The van der Waals surface area contributed by atoms with Crippen molar-refractivity contribution < 1.29 is 23.8 Å². The second-order valence-corrected chi connectivity index (χ2v) is 6.00. The van der Waals surface area contributed by atoms with Crippen molar-refractivity contribution in [2.45, 2.75) is 6.42 Å². The van der Waals surface area contributed by atoms with Gasteiger partial charge < -0.3 is 24.4 Å². The third-order valence-electron chi connectivity index (χ3n) is 4.01. The van der Waals surface area contributed by atoms with Crippen molar-refractivity contribution in [2.75, 3.05) is 40.7 Å². The molecule has 0 radical (unpaired) electrons. The number of nitrogens with zero attached hydrogens (tertiary/aromatic N) is 1. The summed E-state index contributed by atoms with van der Waals surface area (Å²) >= 11 is 0. The first-order chi connectivity index (χ1) is 12.9. The fourth-order valence-corrected chi connectivity index (χ4v) is 2.52. The smallest absolute Gasteiger partial charge is 0.259 e. The summed E-state index contributed by atoms with van der Waals surface area (Å²) in [5.41, 5.74) is 1.80. The van der Waals surface area contributed by atoms with Crippen molar-refractivity contribution in [3.8, 4) is 17.2 Å². The van der Waals surface area contributed by atoms with Gasteiger partial charge in [0.25, 0.3) is 5.91 Å². The van der Waals surface area contributed by atoms with Gasteiger partial charge in [0.05, 0.1) is 33.3 Å². The van der Waals surface area contributed by atoms with E-state index in [1.807, 2.05) is 12.1 Å². The van der Waals surface area contributed by atoms with Crippen molar-refractivity contribution in [2.24, 2.45) is 0 Å². The van der Waals surface area contributed by atoms with Gasteiger partial charge in [-0.15, -0.1) is 0 Å². The molecular weight excluding hydrogens is 348 g/mol. The molecule has 0 saturated carbocycles. The number of hydrogen-bond donors (Lipinski definition) is 1. The topological polar surface area (TPSA) is 77.1 Å². The Hall–Kier alpha value is -3.22. The zero-order valence-corrected chi connectivity index (χ0v) is 16.2. The molecule has 0 bridgehead atoms. The van der Waals surface area contributed by atoms with Crippen LogP contribution in [-0.2, 0) is 11.2 Å². The lowest BCUT2D eigenvalue weighted by Crippen LogP contribution is -2.23. The van der Waals surface area contributed by atoms with Crippen molar-refractivity contribution in [1.29, 1.82) is 0 Å². The molecule has 2 aromatic carbocycles. The van der Waals surface area contributed by atoms with E-state index in [9.17, 15) is 9.59 Å². The van der Waals surface area contributed by atoms with Gasteiger partial charge in [0.2, 0.25) is 11.7 Å². The van der Waals surface area contributed by atoms with Crippen LogP contribution < -0.4 is 19.5 Å². The molecule has 1 N–H and O–H groups in total. The number of ether oxygens (including phenoxy) is 3. The van der Waals surface area contributed by atoms with Gasteiger partial charge in [-0.2, -0.15) is 0 Å². The fraction of sp³-hybridized carbons (Fsp3) is 0.300. The predicted octanol–water partition coefficient (Wildman–Crippen LogP) is 2.60. The third kappa shape index (κ3) is 4.69. The van der Waals surface area contributed by atoms with Crippen LogP contribution in [0, 0.1) is 0 Å². The van der Waals surface area contributed by atoms with Crippen LogP contribution in [0.25, 0.3) is 0 Å². The number of benzene rings is 2. The van der Waals surface area contributed by atoms with E-state index < -0.39 is 0 Å². The van der Waals surface area contributed by atoms with Crippen LogP contribution in [0.2, 0.25) is 0 Å². The second-order valence-electron chi connectivity index (χ2n) is 6.00. The minimum atomic E-state index is -0.343. The molecule has 0 aliphatic carbocycles. The number of likely N-dealkylation sites (N-methyl/N-ethyl adjacent to an activating group) is 1. The van der Waals surface area contributed by atoms with Crippen LogP contribution in [-0.4, -0.2) is 52.1 Å². The summed E-state index contributed by atoms with van der Waals surface area (Å²) in [5, 5.41) is 2.81. The summed E-state index contributed by atoms with van der Waals surface area (Å²) < 4.78 is 15.9.